The topological polar surface area (TPSA) is 75.5 Å². The van der Waals surface area contributed by atoms with E-state index in [4.69, 9.17) is 9.15 Å². The highest BCUT2D eigenvalue weighted by molar-refractivity contribution is 5.88. The molecular formula is C21H22N2O4. The number of hydrogen-bond acceptors (Lipinski definition) is 4. The molecule has 1 aromatic carbocycles. The van der Waals surface area contributed by atoms with Crippen LogP contribution in [0.4, 0.5) is 0 Å². The first-order chi connectivity index (χ1) is 13.1. The van der Waals surface area contributed by atoms with Gasteiger partial charge < -0.3 is 19.0 Å². The van der Waals surface area contributed by atoms with Crippen molar-refractivity contribution in [2.45, 2.75) is 32.3 Å². The number of hydrogen-bond donors (Lipinski definition) is 1. The number of nitrogens with one attached hydrogen (secondary N) is 1. The quantitative estimate of drug-likeness (QED) is 0.770. The van der Waals surface area contributed by atoms with Crippen molar-refractivity contribution in [2.24, 2.45) is 0 Å². The molecule has 2 aromatic heterocycles. The zero-order chi connectivity index (χ0) is 18.8. The van der Waals surface area contributed by atoms with Crippen molar-refractivity contribution < 1.29 is 13.9 Å². The number of carbonyl (C=O) groups is 1. The van der Waals surface area contributed by atoms with Gasteiger partial charge in [0.25, 0.3) is 0 Å². The molecule has 0 unspecified atom stereocenters. The van der Waals surface area contributed by atoms with Crippen molar-refractivity contribution in [1.29, 1.82) is 0 Å². The van der Waals surface area contributed by atoms with Crippen LogP contribution >= 0.6 is 0 Å². The van der Waals surface area contributed by atoms with Gasteiger partial charge in [-0.05, 0) is 18.6 Å². The molecule has 0 bridgehead atoms. The summed E-state index contributed by atoms with van der Waals surface area (Å²) >= 11 is 0. The van der Waals surface area contributed by atoms with Gasteiger partial charge in [-0.15, -0.1) is 0 Å². The van der Waals surface area contributed by atoms with Crippen LogP contribution in [0.2, 0.25) is 0 Å². The Morgan fingerprint density at radius 3 is 2.81 bits per heavy atom. The first-order valence-electron chi connectivity index (χ1n) is 9.20. The lowest BCUT2D eigenvalue weighted by Crippen LogP contribution is -2.42. The summed E-state index contributed by atoms with van der Waals surface area (Å²) in [6.45, 7) is 3.04. The number of H-pyrrole nitrogens is 1. The van der Waals surface area contributed by atoms with Crippen molar-refractivity contribution >= 4 is 16.8 Å². The molecule has 1 N–H and O–H groups in total. The van der Waals surface area contributed by atoms with Gasteiger partial charge in [0, 0.05) is 49.1 Å². The van der Waals surface area contributed by atoms with E-state index >= 15 is 0 Å². The van der Waals surface area contributed by atoms with E-state index in [1.165, 1.54) is 6.07 Å². The van der Waals surface area contributed by atoms with E-state index in [1.807, 2.05) is 35.4 Å². The molecule has 0 spiro atoms. The Labute approximate surface area is 156 Å². The largest absolute Gasteiger partial charge is 0.490 e. The highest BCUT2D eigenvalue weighted by Gasteiger charge is 2.24. The predicted octanol–water partition coefficient (Wildman–Crippen LogP) is 3.04. The van der Waals surface area contributed by atoms with Gasteiger partial charge in [0.1, 0.15) is 17.6 Å². The summed E-state index contributed by atoms with van der Waals surface area (Å²) < 4.78 is 10.9. The Hall–Kier alpha value is -3.02. The molecule has 6 nitrogen and oxygen atoms in total. The fraction of sp³-hybridized carbons (Fsp3) is 0.333. The average Bonchev–Trinajstić information content (AvgIpc) is 3.04. The van der Waals surface area contributed by atoms with Crippen LogP contribution in [0, 0.1) is 6.92 Å². The molecule has 140 valence electrons. The Bertz CT molecular complexity index is 1010. The molecule has 1 aliphatic rings. The van der Waals surface area contributed by atoms with Crippen LogP contribution in [0.5, 0.6) is 5.75 Å². The number of aromatic amines is 1. The van der Waals surface area contributed by atoms with Gasteiger partial charge in [-0.1, -0.05) is 18.2 Å². The van der Waals surface area contributed by atoms with Crippen LogP contribution in [0.15, 0.2) is 51.8 Å². The highest BCUT2D eigenvalue weighted by atomic mass is 16.5. The number of para-hydroxylation sites is 1. The fourth-order valence-corrected chi connectivity index (χ4v) is 3.61. The van der Waals surface area contributed by atoms with Crippen molar-refractivity contribution in [3.8, 4) is 5.75 Å². The van der Waals surface area contributed by atoms with Crippen molar-refractivity contribution in [1.82, 2.24) is 9.88 Å². The van der Waals surface area contributed by atoms with Gasteiger partial charge in [0.05, 0.1) is 12.5 Å². The van der Waals surface area contributed by atoms with E-state index in [0.29, 0.717) is 31.0 Å². The minimum Gasteiger partial charge on any atom is -0.490 e. The van der Waals surface area contributed by atoms with E-state index in [-0.39, 0.29) is 12.0 Å². The summed E-state index contributed by atoms with van der Waals surface area (Å²) in [5.41, 5.74) is 1.67. The summed E-state index contributed by atoms with van der Waals surface area (Å²) in [7, 11) is 0. The molecule has 0 atom stereocenters. The third-order valence-electron chi connectivity index (χ3n) is 4.98. The maximum Gasteiger partial charge on any atom is 0.339 e. The number of fused-ring (bicyclic) bond motifs is 1. The molecule has 1 fully saturated rings. The maximum absolute atomic E-state index is 12.7. The van der Waals surface area contributed by atoms with Crippen molar-refractivity contribution in [2.75, 3.05) is 13.1 Å². The van der Waals surface area contributed by atoms with Gasteiger partial charge in [-0.3, -0.25) is 4.79 Å². The number of rotatable bonds is 4. The number of amides is 1. The molecule has 4 rings (SSSR count). The van der Waals surface area contributed by atoms with Gasteiger partial charge in [0.2, 0.25) is 5.91 Å². The van der Waals surface area contributed by atoms with Crippen LogP contribution < -0.4 is 10.4 Å². The Morgan fingerprint density at radius 2 is 2.04 bits per heavy atom. The predicted molar refractivity (Wildman–Crippen MR) is 102 cm³/mol. The summed E-state index contributed by atoms with van der Waals surface area (Å²) in [4.78, 5) is 29.2. The molecule has 1 saturated heterocycles. The first kappa shape index (κ1) is 17.4. The van der Waals surface area contributed by atoms with Crippen LogP contribution in [-0.4, -0.2) is 35.0 Å². The lowest BCUT2D eigenvalue weighted by atomic mass is 10.1. The lowest BCUT2D eigenvalue weighted by Gasteiger charge is -2.32. The van der Waals surface area contributed by atoms with E-state index in [1.54, 1.807) is 13.0 Å². The molecule has 0 saturated carbocycles. The van der Waals surface area contributed by atoms with Gasteiger partial charge in [0.15, 0.2) is 0 Å². The normalized spacial score (nSPS) is 15.2. The fourth-order valence-electron chi connectivity index (χ4n) is 3.61. The second-order valence-electron chi connectivity index (χ2n) is 6.96. The van der Waals surface area contributed by atoms with Crippen LogP contribution in [0.3, 0.4) is 0 Å². The van der Waals surface area contributed by atoms with Crippen LogP contribution in [-0.2, 0) is 11.2 Å². The van der Waals surface area contributed by atoms with E-state index in [0.717, 1.165) is 29.3 Å². The summed E-state index contributed by atoms with van der Waals surface area (Å²) in [5.74, 6) is 1.20. The standard InChI is InChI=1S/C21H22N2O4/c1-14-10-17(12-21(25)26-14)27-16-6-8-23(9-7-16)20(24)11-15-13-22-19-5-3-2-4-18(15)19/h2-5,10,12-13,16,22H,6-9,11H2,1H3. The zero-order valence-corrected chi connectivity index (χ0v) is 15.2. The second-order valence-corrected chi connectivity index (χ2v) is 6.96. The molecule has 1 amide bonds. The number of ether oxygens (including phenoxy) is 1. The van der Waals surface area contributed by atoms with Crippen LogP contribution in [0.25, 0.3) is 10.9 Å². The number of likely N-dealkylation sites (tertiary alicyclic amines) is 1. The summed E-state index contributed by atoms with van der Waals surface area (Å²) in [5, 5.41) is 1.10. The average molecular weight is 366 g/mol. The molecule has 6 heteroatoms. The van der Waals surface area contributed by atoms with Gasteiger partial charge in [-0.2, -0.15) is 0 Å². The molecule has 0 aliphatic carbocycles. The third kappa shape index (κ3) is 3.89. The molecular weight excluding hydrogens is 344 g/mol. The zero-order valence-electron chi connectivity index (χ0n) is 15.2. The summed E-state index contributed by atoms with van der Waals surface area (Å²) in [6, 6.07) is 11.1. The van der Waals surface area contributed by atoms with Crippen LogP contribution in [0.1, 0.15) is 24.2 Å². The summed E-state index contributed by atoms with van der Waals surface area (Å²) in [6.07, 6.45) is 3.82. The minimum absolute atomic E-state index is 0.00309. The Kier molecular flexibility index (Phi) is 4.71. The number of nitrogens with zero attached hydrogens (tertiary/aromatic N) is 1. The third-order valence-corrected chi connectivity index (χ3v) is 4.98. The number of carbonyl (C=O) groups excluding carboxylic acids is 1. The molecule has 27 heavy (non-hydrogen) atoms. The smallest absolute Gasteiger partial charge is 0.339 e. The van der Waals surface area contributed by atoms with E-state index in [2.05, 4.69) is 4.98 Å². The number of aryl methyl sites for hydroxylation is 1. The van der Waals surface area contributed by atoms with Crippen molar-refractivity contribution in [3.05, 3.63) is 64.3 Å². The lowest BCUT2D eigenvalue weighted by molar-refractivity contribution is -0.132. The van der Waals surface area contributed by atoms with Crippen molar-refractivity contribution in [3.63, 3.8) is 0 Å². The van der Waals surface area contributed by atoms with E-state index < -0.39 is 5.63 Å². The van der Waals surface area contributed by atoms with E-state index in [9.17, 15) is 9.59 Å². The Morgan fingerprint density at radius 1 is 1.26 bits per heavy atom. The monoisotopic (exact) mass is 366 g/mol. The minimum atomic E-state index is -0.406. The number of benzene rings is 1. The molecule has 3 aromatic rings. The molecule has 1 aliphatic heterocycles. The maximum atomic E-state index is 12.7. The molecule has 3 heterocycles. The number of aromatic nitrogens is 1. The van der Waals surface area contributed by atoms with Gasteiger partial charge >= 0.3 is 5.63 Å². The number of piperidine rings is 1. The highest BCUT2D eigenvalue weighted by Crippen LogP contribution is 2.22. The second kappa shape index (κ2) is 7.31. The molecule has 0 radical (unpaired) electrons. The first-order valence-corrected chi connectivity index (χ1v) is 9.20. The van der Waals surface area contributed by atoms with Gasteiger partial charge in [-0.25, -0.2) is 4.79 Å². The Balaban J connectivity index is 1.34. The SMILES string of the molecule is Cc1cc(OC2CCN(C(=O)Cc3c[nH]c4ccccc34)CC2)cc(=O)o1.